The van der Waals surface area contributed by atoms with Gasteiger partial charge >= 0.3 is 0 Å². The number of benzene rings is 1. The molecule has 0 bridgehead atoms. The Bertz CT molecular complexity index is 686. The van der Waals surface area contributed by atoms with E-state index in [9.17, 15) is 13.6 Å². The van der Waals surface area contributed by atoms with E-state index in [1.54, 1.807) is 0 Å². The van der Waals surface area contributed by atoms with Crippen molar-refractivity contribution < 1.29 is 13.5 Å². The third-order valence-corrected chi connectivity index (χ3v) is 3.26. The van der Waals surface area contributed by atoms with Crippen molar-refractivity contribution in [1.29, 1.82) is 0 Å². The quantitative estimate of drug-likeness (QED) is 0.794. The average molecular weight is 308 g/mol. The Hall–Kier alpha value is -2.24. The number of aromatic amines is 1. The first-order valence-electron chi connectivity index (χ1n) is 7.29. The predicted octanol–water partition coefficient (Wildman–Crippen LogP) is 3.67. The third kappa shape index (κ3) is 3.90. The molecule has 0 radical (unpaired) electrons. The minimum absolute atomic E-state index is 0.0677. The monoisotopic (exact) mass is 308 g/mol. The third-order valence-electron chi connectivity index (χ3n) is 3.26. The van der Waals surface area contributed by atoms with Crippen LogP contribution in [-0.4, -0.2) is 16.6 Å². The zero-order valence-electron chi connectivity index (χ0n) is 12.4. The van der Waals surface area contributed by atoms with Crippen molar-refractivity contribution in [3.8, 4) is 17.0 Å². The molecule has 0 saturated heterocycles. The number of halogens is 2. The van der Waals surface area contributed by atoms with Gasteiger partial charge in [0.2, 0.25) is 5.82 Å². The van der Waals surface area contributed by atoms with Crippen LogP contribution in [0, 0.1) is 11.6 Å². The van der Waals surface area contributed by atoms with E-state index in [4.69, 9.17) is 4.74 Å². The molecule has 0 atom stereocenters. The second-order valence-electron chi connectivity index (χ2n) is 4.94. The Kier molecular flexibility index (Phi) is 5.63. The molecule has 0 saturated carbocycles. The number of H-pyrrole nitrogens is 1. The van der Waals surface area contributed by atoms with Gasteiger partial charge in [0, 0.05) is 11.6 Å². The van der Waals surface area contributed by atoms with Crippen molar-refractivity contribution in [3.63, 3.8) is 0 Å². The SMILES string of the molecule is CCCCCCOc1ccc(-c2cc(=O)[nH]cn2)c(F)c1F. The maximum Gasteiger partial charge on any atom is 0.251 e. The highest BCUT2D eigenvalue weighted by molar-refractivity contribution is 5.60. The summed E-state index contributed by atoms with van der Waals surface area (Å²) in [7, 11) is 0. The van der Waals surface area contributed by atoms with Crippen LogP contribution >= 0.6 is 0 Å². The largest absolute Gasteiger partial charge is 0.490 e. The smallest absolute Gasteiger partial charge is 0.251 e. The van der Waals surface area contributed by atoms with Crippen LogP contribution in [0.2, 0.25) is 0 Å². The molecule has 2 rings (SSSR count). The summed E-state index contributed by atoms with van der Waals surface area (Å²) in [5, 5.41) is 0. The summed E-state index contributed by atoms with van der Waals surface area (Å²) < 4.78 is 33.4. The van der Waals surface area contributed by atoms with Gasteiger partial charge in [0.25, 0.3) is 5.56 Å². The van der Waals surface area contributed by atoms with Crippen LogP contribution < -0.4 is 10.3 Å². The van der Waals surface area contributed by atoms with E-state index >= 15 is 0 Å². The van der Waals surface area contributed by atoms with E-state index in [0.29, 0.717) is 6.61 Å². The number of rotatable bonds is 7. The predicted molar refractivity (Wildman–Crippen MR) is 79.8 cm³/mol. The first-order chi connectivity index (χ1) is 10.6. The molecule has 22 heavy (non-hydrogen) atoms. The Morgan fingerprint density at radius 1 is 1.18 bits per heavy atom. The number of hydrogen-bond donors (Lipinski definition) is 1. The Morgan fingerprint density at radius 3 is 2.73 bits per heavy atom. The molecule has 0 aliphatic heterocycles. The maximum absolute atomic E-state index is 14.1. The fourth-order valence-corrected chi connectivity index (χ4v) is 2.07. The van der Waals surface area contributed by atoms with Crippen LogP contribution in [0.3, 0.4) is 0 Å². The minimum Gasteiger partial charge on any atom is -0.490 e. The Balaban J connectivity index is 2.13. The molecule has 1 N–H and O–H groups in total. The number of nitrogens with one attached hydrogen (secondary N) is 1. The molecule has 0 fully saturated rings. The van der Waals surface area contributed by atoms with E-state index in [-0.39, 0.29) is 17.0 Å². The van der Waals surface area contributed by atoms with Gasteiger partial charge in [-0.25, -0.2) is 9.37 Å². The highest BCUT2D eigenvalue weighted by Gasteiger charge is 2.16. The number of ether oxygens (including phenoxy) is 1. The van der Waals surface area contributed by atoms with Gasteiger partial charge in [-0.15, -0.1) is 0 Å². The number of aromatic nitrogens is 2. The fraction of sp³-hybridized carbons (Fsp3) is 0.375. The molecule has 4 nitrogen and oxygen atoms in total. The summed E-state index contributed by atoms with van der Waals surface area (Å²) >= 11 is 0. The molecular formula is C16H18F2N2O2. The summed E-state index contributed by atoms with van der Waals surface area (Å²) in [6, 6.07) is 3.83. The number of nitrogens with zero attached hydrogens (tertiary/aromatic N) is 1. The molecule has 2 aromatic rings. The molecular weight excluding hydrogens is 290 g/mol. The van der Waals surface area contributed by atoms with Crippen molar-refractivity contribution in [2.45, 2.75) is 32.6 Å². The molecule has 6 heteroatoms. The van der Waals surface area contributed by atoms with Gasteiger partial charge in [-0.2, -0.15) is 4.39 Å². The van der Waals surface area contributed by atoms with Gasteiger partial charge in [0.05, 0.1) is 18.6 Å². The van der Waals surface area contributed by atoms with E-state index in [1.165, 1.54) is 12.1 Å². The van der Waals surface area contributed by atoms with Crippen molar-refractivity contribution >= 4 is 0 Å². The number of hydrogen-bond acceptors (Lipinski definition) is 3. The molecule has 1 aromatic carbocycles. The number of unbranched alkanes of at least 4 members (excludes halogenated alkanes) is 3. The molecule has 0 unspecified atom stereocenters. The molecule has 0 amide bonds. The summed E-state index contributed by atoms with van der Waals surface area (Å²) in [4.78, 5) is 17.4. The van der Waals surface area contributed by atoms with Gasteiger partial charge in [0.15, 0.2) is 11.6 Å². The van der Waals surface area contributed by atoms with Crippen molar-refractivity contribution in [2.75, 3.05) is 6.61 Å². The molecule has 0 aliphatic carbocycles. The van der Waals surface area contributed by atoms with Crippen molar-refractivity contribution in [2.24, 2.45) is 0 Å². The molecule has 1 heterocycles. The zero-order chi connectivity index (χ0) is 15.9. The summed E-state index contributed by atoms with van der Waals surface area (Å²) in [6.07, 6.45) is 5.13. The summed E-state index contributed by atoms with van der Waals surface area (Å²) in [5.41, 5.74) is -0.419. The van der Waals surface area contributed by atoms with E-state index in [1.807, 2.05) is 0 Å². The van der Waals surface area contributed by atoms with Crippen LogP contribution in [0.25, 0.3) is 11.3 Å². The highest BCUT2D eigenvalue weighted by atomic mass is 19.2. The van der Waals surface area contributed by atoms with E-state index in [2.05, 4.69) is 16.9 Å². The minimum atomic E-state index is -1.07. The first kappa shape index (κ1) is 16.1. The Morgan fingerprint density at radius 2 is 2.00 bits per heavy atom. The van der Waals surface area contributed by atoms with Crippen LogP contribution in [0.15, 0.2) is 29.3 Å². The standard InChI is InChI=1S/C16H18F2N2O2/c1-2-3-4-5-8-22-13-7-6-11(15(17)16(13)18)12-9-14(21)20-10-19-12/h6-7,9-10H,2-5,8H2,1H3,(H,19,20,21). The van der Waals surface area contributed by atoms with E-state index < -0.39 is 17.2 Å². The lowest BCUT2D eigenvalue weighted by atomic mass is 10.1. The highest BCUT2D eigenvalue weighted by Crippen LogP contribution is 2.28. The zero-order valence-corrected chi connectivity index (χ0v) is 12.4. The normalized spacial score (nSPS) is 10.7. The molecule has 1 aromatic heterocycles. The van der Waals surface area contributed by atoms with Gasteiger partial charge in [-0.1, -0.05) is 26.2 Å². The van der Waals surface area contributed by atoms with Gasteiger partial charge in [-0.05, 0) is 18.6 Å². The van der Waals surface area contributed by atoms with E-state index in [0.717, 1.165) is 38.1 Å². The first-order valence-corrected chi connectivity index (χ1v) is 7.29. The molecule has 118 valence electrons. The van der Waals surface area contributed by atoms with Crippen LogP contribution in [0.1, 0.15) is 32.6 Å². The Labute approximate surface area is 127 Å². The lowest BCUT2D eigenvalue weighted by Gasteiger charge is -2.10. The lowest BCUT2D eigenvalue weighted by molar-refractivity contribution is 0.285. The maximum atomic E-state index is 14.1. The van der Waals surface area contributed by atoms with Gasteiger partial charge in [0.1, 0.15) is 0 Å². The van der Waals surface area contributed by atoms with Crippen molar-refractivity contribution in [3.05, 3.63) is 46.5 Å². The molecule has 0 aliphatic rings. The second-order valence-corrected chi connectivity index (χ2v) is 4.94. The molecule has 0 spiro atoms. The van der Waals surface area contributed by atoms with Crippen molar-refractivity contribution in [1.82, 2.24) is 9.97 Å². The topological polar surface area (TPSA) is 55.0 Å². The summed E-state index contributed by atoms with van der Waals surface area (Å²) in [5.74, 6) is -2.25. The van der Waals surface area contributed by atoms with Crippen LogP contribution in [-0.2, 0) is 0 Å². The van der Waals surface area contributed by atoms with Gasteiger partial charge in [-0.3, -0.25) is 4.79 Å². The fourth-order valence-electron chi connectivity index (χ4n) is 2.07. The lowest BCUT2D eigenvalue weighted by Crippen LogP contribution is -2.06. The van der Waals surface area contributed by atoms with Gasteiger partial charge < -0.3 is 9.72 Å². The van der Waals surface area contributed by atoms with Crippen LogP contribution in [0.4, 0.5) is 8.78 Å². The summed E-state index contributed by atoms with van der Waals surface area (Å²) in [6.45, 7) is 2.44. The second kappa shape index (κ2) is 7.68. The average Bonchev–Trinajstić information content (AvgIpc) is 2.51. The van der Waals surface area contributed by atoms with Crippen LogP contribution in [0.5, 0.6) is 5.75 Å².